The molecule has 0 bridgehead atoms. The van der Waals surface area contributed by atoms with Crippen molar-refractivity contribution in [2.75, 3.05) is 11.5 Å². The van der Waals surface area contributed by atoms with Crippen molar-refractivity contribution in [2.45, 2.75) is 65.0 Å². The van der Waals surface area contributed by atoms with E-state index in [1.165, 1.54) is 37.2 Å². The smallest absolute Gasteiger partial charge is 0.108 e. The molecule has 0 heterocycles. The third-order valence-corrected chi connectivity index (χ3v) is 11.2. The average Bonchev–Trinajstić information content (AvgIpc) is 2.06. The third-order valence-electron chi connectivity index (χ3n) is 2.11. The molecule has 0 aliphatic rings. The highest BCUT2D eigenvalue weighted by atomic mass is 32.4. The third kappa shape index (κ3) is 15.1. The zero-order chi connectivity index (χ0) is 12.7. The molecule has 4 heteroatoms. The van der Waals surface area contributed by atoms with Crippen LogP contribution >= 0.6 is 22.4 Å². The predicted octanol–water partition coefficient (Wildman–Crippen LogP) is 5.68. The van der Waals surface area contributed by atoms with Gasteiger partial charge in [0.15, 0.2) is 0 Å². The second kappa shape index (κ2) is 8.27. The van der Waals surface area contributed by atoms with Crippen molar-refractivity contribution in [2.24, 2.45) is 0 Å². The fourth-order valence-electron chi connectivity index (χ4n) is 1.31. The lowest BCUT2D eigenvalue weighted by molar-refractivity contribution is 0.712. The minimum Gasteiger partial charge on any atom is -0.186 e. The zero-order valence-electron chi connectivity index (χ0n) is 12.1. The number of rotatable bonds is 9. The maximum Gasteiger partial charge on any atom is 0.108 e. The van der Waals surface area contributed by atoms with E-state index in [9.17, 15) is 0 Å². The van der Waals surface area contributed by atoms with Gasteiger partial charge in [-0.1, -0.05) is 52.1 Å². The van der Waals surface area contributed by atoms with Gasteiger partial charge in [0.2, 0.25) is 0 Å². The Kier molecular flexibility index (Phi) is 8.86. The maximum atomic E-state index is 2.45. The van der Waals surface area contributed by atoms with Crippen molar-refractivity contribution >= 4 is 36.9 Å². The van der Waals surface area contributed by atoms with E-state index in [0.717, 1.165) is 0 Å². The van der Waals surface area contributed by atoms with Gasteiger partial charge in [-0.2, -0.15) is 22.4 Å². The Morgan fingerprint density at radius 3 is 1.12 bits per heavy atom. The van der Waals surface area contributed by atoms with Crippen LogP contribution in [0, 0.1) is 0 Å². The van der Waals surface area contributed by atoms with E-state index in [1.54, 1.807) is 0 Å². The summed E-state index contributed by atoms with van der Waals surface area (Å²) in [4.78, 5) is 0. The summed E-state index contributed by atoms with van der Waals surface area (Å²) >= 11 is 4.48. The van der Waals surface area contributed by atoms with Crippen LogP contribution in [0.1, 0.15) is 25.7 Å². The van der Waals surface area contributed by atoms with Crippen molar-refractivity contribution in [3.05, 3.63) is 0 Å². The van der Waals surface area contributed by atoms with Crippen LogP contribution in [-0.2, 0) is 0 Å². The van der Waals surface area contributed by atoms with Crippen LogP contribution in [0.3, 0.4) is 0 Å². The van der Waals surface area contributed by atoms with Gasteiger partial charge in [0.1, 0.15) is 14.4 Å². The maximum absolute atomic E-state index is 2.45. The van der Waals surface area contributed by atoms with Crippen molar-refractivity contribution in [3.8, 4) is 0 Å². The second-order valence-electron chi connectivity index (χ2n) is 6.34. The molecule has 0 nitrogen and oxygen atoms in total. The first-order valence-electron chi connectivity index (χ1n) is 6.49. The summed E-state index contributed by atoms with van der Waals surface area (Å²) in [6, 6.07) is 0. The Hall–Kier alpha value is 1.13. The molecule has 0 saturated carbocycles. The molecule has 0 aromatic carbocycles. The SMILES string of the molecule is C[Si](C)(C)SCCCCCCS[Si](C)(C)C. The van der Waals surface area contributed by atoms with E-state index in [1.807, 2.05) is 0 Å². The lowest BCUT2D eigenvalue weighted by Gasteiger charge is -2.15. The van der Waals surface area contributed by atoms with Crippen molar-refractivity contribution in [3.63, 3.8) is 0 Å². The molecule has 0 unspecified atom stereocenters. The van der Waals surface area contributed by atoms with Gasteiger partial charge >= 0.3 is 0 Å². The molecule has 0 atom stereocenters. The summed E-state index contributed by atoms with van der Waals surface area (Å²) in [5.74, 6) is 2.80. The summed E-state index contributed by atoms with van der Waals surface area (Å²) in [6.45, 7) is 14.7. The van der Waals surface area contributed by atoms with Crippen LogP contribution in [0.5, 0.6) is 0 Å². The summed E-state index contributed by atoms with van der Waals surface area (Å²) in [5.41, 5.74) is 0. The van der Waals surface area contributed by atoms with Crippen LogP contribution in [0.15, 0.2) is 0 Å². The first kappa shape index (κ1) is 17.1. The van der Waals surface area contributed by atoms with Crippen molar-refractivity contribution in [1.29, 1.82) is 0 Å². The molecule has 0 aromatic heterocycles. The molecular formula is C12H30S2Si2. The molecule has 0 rings (SSSR count). The Balaban J connectivity index is 3.17. The minimum absolute atomic E-state index is 0.839. The van der Waals surface area contributed by atoms with Crippen molar-refractivity contribution in [1.82, 2.24) is 0 Å². The lowest BCUT2D eigenvalue weighted by atomic mass is 10.2. The topological polar surface area (TPSA) is 0 Å². The van der Waals surface area contributed by atoms with Crippen molar-refractivity contribution < 1.29 is 0 Å². The Bertz CT molecular complexity index is 151. The fourth-order valence-corrected chi connectivity index (χ4v) is 7.78. The molecule has 0 spiro atoms. The highest BCUT2D eigenvalue weighted by Gasteiger charge is 2.13. The van der Waals surface area contributed by atoms with Gasteiger partial charge in [-0.15, -0.1) is 0 Å². The van der Waals surface area contributed by atoms with Crippen LogP contribution in [0.25, 0.3) is 0 Å². The highest BCUT2D eigenvalue weighted by molar-refractivity contribution is 8.28. The molecule has 0 fully saturated rings. The van der Waals surface area contributed by atoms with Gasteiger partial charge in [-0.25, -0.2) is 0 Å². The van der Waals surface area contributed by atoms with E-state index in [-0.39, 0.29) is 0 Å². The van der Waals surface area contributed by atoms with E-state index in [0.29, 0.717) is 0 Å². The molecule has 0 aliphatic heterocycles. The molecular weight excluding hydrogens is 264 g/mol. The van der Waals surface area contributed by atoms with Gasteiger partial charge in [-0.05, 0) is 24.3 Å². The van der Waals surface area contributed by atoms with E-state index < -0.39 is 14.4 Å². The Morgan fingerprint density at radius 1 is 0.562 bits per heavy atom. The van der Waals surface area contributed by atoms with Crippen LogP contribution < -0.4 is 0 Å². The minimum atomic E-state index is -0.839. The van der Waals surface area contributed by atoms with E-state index in [2.05, 4.69) is 61.7 Å². The zero-order valence-corrected chi connectivity index (χ0v) is 15.7. The second-order valence-corrected chi connectivity index (χ2v) is 25.3. The summed E-state index contributed by atoms with van der Waals surface area (Å²) in [5, 5.41) is 0. The standard InChI is InChI=1S/C12H30S2Si2/c1-15(2,3)13-11-9-7-8-10-12-14-16(4,5)6/h7-12H2,1-6H3. The highest BCUT2D eigenvalue weighted by Crippen LogP contribution is 2.23. The van der Waals surface area contributed by atoms with Gasteiger partial charge < -0.3 is 0 Å². The fraction of sp³-hybridized carbons (Fsp3) is 1.00. The average molecular weight is 295 g/mol. The van der Waals surface area contributed by atoms with Crippen LogP contribution in [-0.4, -0.2) is 26.0 Å². The number of hydrogen-bond donors (Lipinski definition) is 0. The van der Waals surface area contributed by atoms with Gasteiger partial charge in [-0.3, -0.25) is 0 Å². The lowest BCUT2D eigenvalue weighted by Crippen LogP contribution is -2.15. The predicted molar refractivity (Wildman–Crippen MR) is 90.1 cm³/mol. The molecule has 0 saturated heterocycles. The molecule has 16 heavy (non-hydrogen) atoms. The summed E-state index contributed by atoms with van der Waals surface area (Å²) in [7, 11) is -1.68. The largest absolute Gasteiger partial charge is 0.186 e. The molecule has 0 N–H and O–H groups in total. The number of unbranched alkanes of at least 4 members (excludes halogenated alkanes) is 3. The summed E-state index contributed by atoms with van der Waals surface area (Å²) < 4.78 is 0. The van der Waals surface area contributed by atoms with E-state index >= 15 is 0 Å². The normalized spacial score (nSPS) is 13.1. The van der Waals surface area contributed by atoms with Crippen LogP contribution in [0.4, 0.5) is 0 Å². The first-order valence-corrected chi connectivity index (χ1v) is 16.9. The molecule has 0 radical (unpaired) electrons. The van der Waals surface area contributed by atoms with E-state index in [4.69, 9.17) is 0 Å². The van der Waals surface area contributed by atoms with Gasteiger partial charge in [0.25, 0.3) is 0 Å². The molecule has 0 aromatic rings. The van der Waals surface area contributed by atoms with Crippen LogP contribution in [0.2, 0.25) is 39.3 Å². The first-order chi connectivity index (χ1) is 7.21. The monoisotopic (exact) mass is 294 g/mol. The number of hydrogen-bond acceptors (Lipinski definition) is 2. The molecule has 98 valence electrons. The Labute approximate surface area is 113 Å². The summed E-state index contributed by atoms with van der Waals surface area (Å²) in [6.07, 6.45) is 5.77. The quantitative estimate of drug-likeness (QED) is 0.396. The Morgan fingerprint density at radius 2 is 0.875 bits per heavy atom. The van der Waals surface area contributed by atoms with Gasteiger partial charge in [0, 0.05) is 0 Å². The molecule has 0 aliphatic carbocycles. The molecule has 0 amide bonds. The van der Waals surface area contributed by atoms with Gasteiger partial charge in [0.05, 0.1) is 0 Å².